The van der Waals surface area contributed by atoms with E-state index in [0.29, 0.717) is 16.1 Å². The molecular formula is C13H17F2N5OS. The van der Waals surface area contributed by atoms with Gasteiger partial charge < -0.3 is 10.5 Å². The zero-order valence-corrected chi connectivity index (χ0v) is 13.4. The Labute approximate surface area is 131 Å². The molecule has 2 N–H and O–H groups in total. The fraction of sp³-hybridized carbons (Fsp3) is 0.462. The van der Waals surface area contributed by atoms with Gasteiger partial charge in [-0.25, -0.2) is 23.7 Å². The van der Waals surface area contributed by atoms with Gasteiger partial charge in [-0.1, -0.05) is 0 Å². The van der Waals surface area contributed by atoms with E-state index in [1.54, 1.807) is 0 Å². The van der Waals surface area contributed by atoms with Gasteiger partial charge in [0.05, 0.1) is 0 Å². The van der Waals surface area contributed by atoms with Crippen molar-refractivity contribution in [2.24, 2.45) is 0 Å². The second-order valence-electron chi connectivity index (χ2n) is 5.72. The van der Waals surface area contributed by atoms with Crippen LogP contribution in [0.4, 0.5) is 14.6 Å². The van der Waals surface area contributed by atoms with E-state index in [1.165, 1.54) is 19.3 Å². The predicted molar refractivity (Wildman–Crippen MR) is 81.1 cm³/mol. The van der Waals surface area contributed by atoms with Gasteiger partial charge in [0.1, 0.15) is 11.2 Å². The Morgan fingerprint density at radius 2 is 2.00 bits per heavy atom. The van der Waals surface area contributed by atoms with Crippen LogP contribution in [0.3, 0.4) is 0 Å². The van der Waals surface area contributed by atoms with Crippen LogP contribution in [0.1, 0.15) is 32.9 Å². The Morgan fingerprint density at radius 3 is 2.55 bits per heavy atom. The number of alkyl halides is 2. The van der Waals surface area contributed by atoms with Crippen molar-refractivity contribution in [3.63, 3.8) is 0 Å². The second-order valence-corrected chi connectivity index (χ2v) is 6.79. The summed E-state index contributed by atoms with van der Waals surface area (Å²) in [5.74, 6) is 0.269. The third-order valence-electron chi connectivity index (χ3n) is 2.49. The Kier molecular flexibility index (Phi) is 4.78. The Bertz CT molecular complexity index is 675. The number of hydroxylamine groups is 1. The molecule has 0 spiro atoms. The molecule has 0 fully saturated rings. The molecule has 9 heteroatoms. The van der Waals surface area contributed by atoms with Crippen molar-refractivity contribution in [1.82, 2.24) is 19.4 Å². The SMILES string of the molecule is CN(O)Sc1ncc2cc(C(F)F)nc(NC(C)(C)C)c2n1. The number of fused-ring (bicyclic) bond motifs is 1. The first-order chi connectivity index (χ1) is 10.2. The van der Waals surface area contributed by atoms with Gasteiger partial charge in [0.15, 0.2) is 5.82 Å². The van der Waals surface area contributed by atoms with Crippen molar-refractivity contribution in [3.05, 3.63) is 18.0 Å². The van der Waals surface area contributed by atoms with Crippen molar-refractivity contribution in [3.8, 4) is 0 Å². The van der Waals surface area contributed by atoms with Gasteiger partial charge >= 0.3 is 0 Å². The summed E-state index contributed by atoms with van der Waals surface area (Å²) in [4.78, 5) is 12.3. The van der Waals surface area contributed by atoms with E-state index in [1.807, 2.05) is 20.8 Å². The molecule has 6 nitrogen and oxygen atoms in total. The van der Waals surface area contributed by atoms with Crippen molar-refractivity contribution in [2.45, 2.75) is 37.9 Å². The third kappa shape index (κ3) is 4.21. The standard InChI is InChI=1S/C13H17F2N5OS/c1-13(2,3)19-11-9-7(5-8(17-11)10(14)15)6-16-12(18-9)22-20(4)21/h5-6,10,21H,1-4H3,(H,17,19). The molecule has 0 aromatic carbocycles. The van der Waals surface area contributed by atoms with Crippen LogP contribution in [0.2, 0.25) is 0 Å². The Balaban J connectivity index is 2.58. The lowest BCUT2D eigenvalue weighted by molar-refractivity contribution is 0.0450. The van der Waals surface area contributed by atoms with Gasteiger partial charge in [0.2, 0.25) is 5.16 Å². The molecule has 0 amide bonds. The monoisotopic (exact) mass is 329 g/mol. The first-order valence-electron chi connectivity index (χ1n) is 6.50. The highest BCUT2D eigenvalue weighted by atomic mass is 32.2. The van der Waals surface area contributed by atoms with Crippen molar-refractivity contribution in [2.75, 3.05) is 12.4 Å². The number of nitrogens with one attached hydrogen (secondary N) is 1. The number of halogens is 2. The number of hydrogen-bond acceptors (Lipinski definition) is 7. The van der Waals surface area contributed by atoms with Crippen LogP contribution in [-0.2, 0) is 0 Å². The van der Waals surface area contributed by atoms with Gasteiger partial charge in [-0.3, -0.25) is 0 Å². The summed E-state index contributed by atoms with van der Waals surface area (Å²) >= 11 is 0.913. The molecule has 0 saturated heterocycles. The van der Waals surface area contributed by atoms with Crippen LogP contribution in [-0.4, -0.2) is 37.2 Å². The van der Waals surface area contributed by atoms with Crippen LogP contribution in [0.25, 0.3) is 10.9 Å². The fourth-order valence-corrected chi connectivity index (χ4v) is 2.23. The molecule has 2 aromatic rings. The summed E-state index contributed by atoms with van der Waals surface area (Å²) < 4.78 is 26.8. The lowest BCUT2D eigenvalue weighted by atomic mass is 10.1. The number of hydrogen-bond donors (Lipinski definition) is 2. The molecule has 0 aliphatic rings. The van der Waals surface area contributed by atoms with E-state index in [4.69, 9.17) is 0 Å². The summed E-state index contributed by atoms with van der Waals surface area (Å²) in [6.07, 6.45) is -1.24. The molecule has 120 valence electrons. The second kappa shape index (κ2) is 6.27. The largest absolute Gasteiger partial charge is 0.364 e. The van der Waals surface area contributed by atoms with Gasteiger partial charge in [-0.15, -0.1) is 4.47 Å². The zero-order chi connectivity index (χ0) is 16.5. The normalized spacial score (nSPS) is 12.4. The van der Waals surface area contributed by atoms with Gasteiger partial charge in [0, 0.05) is 36.1 Å². The minimum absolute atomic E-state index is 0.269. The molecule has 0 saturated carbocycles. The summed E-state index contributed by atoms with van der Waals surface area (Å²) in [5.41, 5.74) is -0.270. The highest BCUT2D eigenvalue weighted by Gasteiger charge is 2.19. The van der Waals surface area contributed by atoms with Crippen LogP contribution < -0.4 is 5.32 Å². The molecule has 0 radical (unpaired) electrons. The van der Waals surface area contributed by atoms with Crippen molar-refractivity contribution in [1.29, 1.82) is 0 Å². The molecule has 2 heterocycles. The minimum atomic E-state index is -2.68. The average molecular weight is 329 g/mol. The van der Waals surface area contributed by atoms with E-state index in [-0.39, 0.29) is 17.1 Å². The molecule has 22 heavy (non-hydrogen) atoms. The number of rotatable bonds is 4. The lowest BCUT2D eigenvalue weighted by Gasteiger charge is -2.22. The topological polar surface area (TPSA) is 74.2 Å². The summed E-state index contributed by atoms with van der Waals surface area (Å²) in [7, 11) is 1.44. The molecule has 0 aliphatic heterocycles. The first-order valence-corrected chi connectivity index (χ1v) is 7.27. The summed E-state index contributed by atoms with van der Waals surface area (Å²) in [5, 5.41) is 13.1. The van der Waals surface area contributed by atoms with Gasteiger partial charge in [0.25, 0.3) is 6.43 Å². The summed E-state index contributed by atoms with van der Waals surface area (Å²) in [6, 6.07) is 1.27. The molecule has 0 bridgehead atoms. The molecule has 0 aliphatic carbocycles. The molecule has 2 aromatic heterocycles. The van der Waals surface area contributed by atoms with Crippen LogP contribution in [0, 0.1) is 0 Å². The molecular weight excluding hydrogens is 312 g/mol. The molecule has 0 atom stereocenters. The Hall–Kier alpha value is -1.58. The number of anilines is 1. The highest BCUT2D eigenvalue weighted by molar-refractivity contribution is 7.96. The average Bonchev–Trinajstić information content (AvgIpc) is 2.36. The van der Waals surface area contributed by atoms with Crippen molar-refractivity contribution >= 4 is 28.7 Å². The zero-order valence-electron chi connectivity index (χ0n) is 12.6. The van der Waals surface area contributed by atoms with Crippen LogP contribution in [0.15, 0.2) is 17.4 Å². The van der Waals surface area contributed by atoms with E-state index < -0.39 is 6.43 Å². The molecule has 0 unspecified atom stereocenters. The third-order valence-corrected chi connectivity index (χ3v) is 3.12. The first kappa shape index (κ1) is 16.8. The number of pyridine rings is 1. The fourth-order valence-electron chi connectivity index (χ4n) is 1.76. The quantitative estimate of drug-likeness (QED) is 0.505. The van der Waals surface area contributed by atoms with E-state index >= 15 is 0 Å². The van der Waals surface area contributed by atoms with Crippen LogP contribution in [0.5, 0.6) is 0 Å². The molecule has 2 rings (SSSR count). The number of aromatic nitrogens is 3. The highest BCUT2D eigenvalue weighted by Crippen LogP contribution is 2.29. The minimum Gasteiger partial charge on any atom is -0.364 e. The van der Waals surface area contributed by atoms with Crippen molar-refractivity contribution < 1.29 is 14.0 Å². The lowest BCUT2D eigenvalue weighted by Crippen LogP contribution is -2.27. The van der Waals surface area contributed by atoms with Gasteiger partial charge in [-0.2, -0.15) is 0 Å². The van der Waals surface area contributed by atoms with Gasteiger partial charge in [-0.05, 0) is 26.8 Å². The number of nitrogens with zero attached hydrogens (tertiary/aromatic N) is 4. The maximum absolute atomic E-state index is 13.0. The van der Waals surface area contributed by atoms with E-state index in [0.717, 1.165) is 16.4 Å². The van der Waals surface area contributed by atoms with E-state index in [9.17, 15) is 14.0 Å². The van der Waals surface area contributed by atoms with E-state index in [2.05, 4.69) is 20.3 Å². The maximum Gasteiger partial charge on any atom is 0.280 e. The maximum atomic E-state index is 13.0. The predicted octanol–water partition coefficient (Wildman–Crippen LogP) is 3.50. The Morgan fingerprint density at radius 1 is 1.32 bits per heavy atom. The summed E-state index contributed by atoms with van der Waals surface area (Å²) in [6.45, 7) is 5.69. The smallest absolute Gasteiger partial charge is 0.280 e. The van der Waals surface area contributed by atoms with Crippen LogP contribution >= 0.6 is 11.9 Å².